The second kappa shape index (κ2) is 2.08. The zero-order valence-corrected chi connectivity index (χ0v) is 9.55. The van der Waals surface area contributed by atoms with Gasteiger partial charge in [-0.05, 0) is 53.8 Å². The first-order valence-corrected chi connectivity index (χ1v) is 6.81. The normalized spacial score (nSPS) is 66.4. The highest BCUT2D eigenvalue weighted by Gasteiger charge is 2.95. The summed E-state index contributed by atoms with van der Waals surface area (Å²) in [6.45, 7) is 4.79. The highest BCUT2D eigenvalue weighted by molar-refractivity contribution is 5.43. The fourth-order valence-electron chi connectivity index (χ4n) is 6.36. The average molecular weight is 190 g/mol. The van der Waals surface area contributed by atoms with Crippen molar-refractivity contribution in [1.82, 2.24) is 0 Å². The van der Waals surface area contributed by atoms with Gasteiger partial charge in [-0.3, -0.25) is 0 Å². The molecular formula is C14H22. The molecule has 5 aliphatic carbocycles. The van der Waals surface area contributed by atoms with E-state index in [-0.39, 0.29) is 0 Å². The summed E-state index contributed by atoms with van der Waals surface area (Å²) in [5, 5.41) is 0. The molecule has 0 heteroatoms. The standard InChI is InChI=1S/C14H22/c1-3-5-11-6-9-7-13(11)12(9)14(13)8-10(14)4-2/h9-12H,3-8H2,1-2H3. The Kier molecular flexibility index (Phi) is 1.22. The molecule has 14 heavy (non-hydrogen) atoms. The minimum atomic E-state index is 0.953. The van der Waals surface area contributed by atoms with Crippen LogP contribution in [0, 0.1) is 34.5 Å². The van der Waals surface area contributed by atoms with E-state index >= 15 is 0 Å². The first-order valence-electron chi connectivity index (χ1n) is 6.81. The Morgan fingerprint density at radius 3 is 2.43 bits per heavy atom. The van der Waals surface area contributed by atoms with Gasteiger partial charge in [0, 0.05) is 0 Å². The number of fused-ring (bicyclic) bond motifs is 1. The molecular weight excluding hydrogens is 168 g/mol. The second-order valence-electron chi connectivity index (χ2n) is 6.55. The monoisotopic (exact) mass is 190 g/mol. The van der Waals surface area contributed by atoms with Crippen LogP contribution in [-0.2, 0) is 0 Å². The summed E-state index contributed by atoms with van der Waals surface area (Å²) < 4.78 is 0. The van der Waals surface area contributed by atoms with Crippen molar-refractivity contribution in [2.45, 2.75) is 52.4 Å². The van der Waals surface area contributed by atoms with Crippen LogP contribution in [-0.4, -0.2) is 0 Å². The summed E-state index contributed by atoms with van der Waals surface area (Å²) in [6, 6.07) is 0. The molecule has 5 aliphatic rings. The lowest BCUT2D eigenvalue weighted by atomic mass is 9.80. The first kappa shape index (κ1) is 8.19. The van der Waals surface area contributed by atoms with E-state index < -0.39 is 0 Å². The lowest BCUT2D eigenvalue weighted by molar-refractivity contribution is 0.238. The Hall–Kier alpha value is 0. The van der Waals surface area contributed by atoms with Gasteiger partial charge in [0.05, 0.1) is 0 Å². The molecule has 0 nitrogen and oxygen atoms in total. The molecule has 5 fully saturated rings. The Morgan fingerprint density at radius 1 is 1.07 bits per heavy atom. The van der Waals surface area contributed by atoms with E-state index in [1.54, 1.807) is 25.7 Å². The van der Waals surface area contributed by atoms with Gasteiger partial charge in [0.15, 0.2) is 0 Å². The van der Waals surface area contributed by atoms with Crippen molar-refractivity contribution in [3.63, 3.8) is 0 Å². The molecule has 2 spiro atoms. The minimum absolute atomic E-state index is 0.953. The molecule has 0 N–H and O–H groups in total. The molecule has 0 aromatic rings. The maximum atomic E-state index is 2.41. The molecule has 0 heterocycles. The molecule has 5 saturated carbocycles. The van der Waals surface area contributed by atoms with E-state index in [1.165, 1.54) is 30.6 Å². The summed E-state index contributed by atoms with van der Waals surface area (Å²) in [6.07, 6.45) is 9.36. The predicted octanol–water partition coefficient (Wildman–Crippen LogP) is 3.86. The van der Waals surface area contributed by atoms with Gasteiger partial charge in [0.25, 0.3) is 0 Å². The van der Waals surface area contributed by atoms with Crippen LogP contribution in [0.25, 0.3) is 0 Å². The zero-order chi connectivity index (χ0) is 9.55. The van der Waals surface area contributed by atoms with Gasteiger partial charge >= 0.3 is 0 Å². The molecule has 2 bridgehead atoms. The molecule has 0 aromatic heterocycles. The van der Waals surface area contributed by atoms with Crippen molar-refractivity contribution < 1.29 is 0 Å². The van der Waals surface area contributed by atoms with Crippen LogP contribution in [0.2, 0.25) is 0 Å². The summed E-state index contributed by atoms with van der Waals surface area (Å²) >= 11 is 0. The van der Waals surface area contributed by atoms with E-state index in [9.17, 15) is 0 Å². The maximum Gasteiger partial charge on any atom is -0.0167 e. The molecule has 0 aromatic carbocycles. The molecule has 5 rings (SSSR count). The van der Waals surface area contributed by atoms with Gasteiger partial charge in [0.1, 0.15) is 0 Å². The predicted molar refractivity (Wildman–Crippen MR) is 57.9 cm³/mol. The Bertz CT molecular complexity index is 294. The van der Waals surface area contributed by atoms with Crippen molar-refractivity contribution >= 4 is 0 Å². The van der Waals surface area contributed by atoms with E-state index in [4.69, 9.17) is 0 Å². The largest absolute Gasteiger partial charge is 0.0654 e. The zero-order valence-electron chi connectivity index (χ0n) is 9.55. The smallest absolute Gasteiger partial charge is 0.0167 e. The maximum absolute atomic E-state index is 2.41. The van der Waals surface area contributed by atoms with Gasteiger partial charge in [-0.1, -0.05) is 33.1 Å². The molecule has 0 radical (unpaired) electrons. The third-order valence-electron chi connectivity index (χ3n) is 6.56. The fourth-order valence-corrected chi connectivity index (χ4v) is 6.36. The van der Waals surface area contributed by atoms with Gasteiger partial charge in [-0.15, -0.1) is 0 Å². The van der Waals surface area contributed by atoms with Crippen LogP contribution < -0.4 is 0 Å². The third kappa shape index (κ3) is 0.537. The van der Waals surface area contributed by atoms with Gasteiger partial charge < -0.3 is 0 Å². The van der Waals surface area contributed by atoms with E-state index in [0.717, 1.165) is 16.7 Å². The van der Waals surface area contributed by atoms with Crippen LogP contribution in [0.1, 0.15) is 52.4 Å². The van der Waals surface area contributed by atoms with Crippen molar-refractivity contribution in [3.8, 4) is 0 Å². The Labute approximate surface area is 87.5 Å². The van der Waals surface area contributed by atoms with Crippen LogP contribution >= 0.6 is 0 Å². The van der Waals surface area contributed by atoms with Crippen molar-refractivity contribution in [3.05, 3.63) is 0 Å². The lowest BCUT2D eigenvalue weighted by Gasteiger charge is -2.24. The molecule has 0 aliphatic heterocycles. The molecule has 6 unspecified atom stereocenters. The fraction of sp³-hybridized carbons (Fsp3) is 1.00. The molecule has 6 atom stereocenters. The second-order valence-corrected chi connectivity index (χ2v) is 6.55. The highest BCUT2D eigenvalue weighted by atomic mass is 15.0. The number of rotatable bonds is 3. The van der Waals surface area contributed by atoms with E-state index in [2.05, 4.69) is 13.8 Å². The Morgan fingerprint density at radius 2 is 1.86 bits per heavy atom. The number of hydrogen-bond acceptors (Lipinski definition) is 0. The molecule has 78 valence electrons. The number of hydrogen-bond donors (Lipinski definition) is 0. The lowest BCUT2D eigenvalue weighted by Crippen LogP contribution is -2.18. The Balaban J connectivity index is 1.62. The highest BCUT2D eigenvalue weighted by Crippen LogP contribution is 3.01. The summed E-state index contributed by atoms with van der Waals surface area (Å²) in [5.74, 6) is 4.77. The van der Waals surface area contributed by atoms with Crippen LogP contribution in [0.15, 0.2) is 0 Å². The van der Waals surface area contributed by atoms with Gasteiger partial charge in [-0.25, -0.2) is 0 Å². The van der Waals surface area contributed by atoms with Crippen molar-refractivity contribution in [2.75, 3.05) is 0 Å². The van der Waals surface area contributed by atoms with Crippen LogP contribution in [0.3, 0.4) is 0 Å². The van der Waals surface area contributed by atoms with Crippen LogP contribution in [0.5, 0.6) is 0 Å². The minimum Gasteiger partial charge on any atom is -0.0654 e. The molecule has 0 saturated heterocycles. The topological polar surface area (TPSA) is 0 Å². The first-order chi connectivity index (χ1) is 6.81. The van der Waals surface area contributed by atoms with Crippen molar-refractivity contribution in [1.29, 1.82) is 0 Å². The third-order valence-corrected chi connectivity index (χ3v) is 6.56. The van der Waals surface area contributed by atoms with E-state index in [0.29, 0.717) is 0 Å². The summed E-state index contributed by atoms with van der Waals surface area (Å²) in [7, 11) is 0. The average Bonchev–Trinajstić information content (AvgIpc) is 2.81. The SMILES string of the molecule is CCCC1CC2CC13C2C31CC1CC. The van der Waals surface area contributed by atoms with Gasteiger partial charge in [-0.2, -0.15) is 0 Å². The summed E-state index contributed by atoms with van der Waals surface area (Å²) in [4.78, 5) is 0. The molecule has 0 amide bonds. The van der Waals surface area contributed by atoms with Gasteiger partial charge in [0.2, 0.25) is 0 Å². The van der Waals surface area contributed by atoms with E-state index in [1.807, 2.05) is 0 Å². The summed E-state index contributed by atoms with van der Waals surface area (Å²) in [5.41, 5.74) is 1.92. The quantitative estimate of drug-likeness (QED) is 0.634. The van der Waals surface area contributed by atoms with Crippen molar-refractivity contribution in [2.24, 2.45) is 34.5 Å². The van der Waals surface area contributed by atoms with Crippen LogP contribution in [0.4, 0.5) is 0 Å².